The van der Waals surface area contributed by atoms with Crippen LogP contribution in [0.3, 0.4) is 0 Å². The van der Waals surface area contributed by atoms with Crippen LogP contribution >= 0.6 is 0 Å². The molecule has 2 atom stereocenters. The monoisotopic (exact) mass is 331 g/mol. The molecule has 0 unspecified atom stereocenters. The number of amides is 1. The van der Waals surface area contributed by atoms with E-state index in [4.69, 9.17) is 9.47 Å². The molecule has 0 rings (SSSR count). The minimum absolute atomic E-state index is 0.128. The number of hydrogen-bond acceptors (Lipinski definition) is 6. The third-order valence-electron chi connectivity index (χ3n) is 2.86. The van der Waals surface area contributed by atoms with Crippen molar-refractivity contribution in [1.82, 2.24) is 5.32 Å². The quantitative estimate of drug-likeness (QED) is 0.593. The molecule has 0 fully saturated rings. The molecule has 0 heterocycles. The number of rotatable bonds is 6. The van der Waals surface area contributed by atoms with Crippen molar-refractivity contribution in [3.63, 3.8) is 0 Å². The molecule has 7 heteroatoms. The van der Waals surface area contributed by atoms with Gasteiger partial charge in [-0.1, -0.05) is 34.1 Å². The fourth-order valence-electron chi connectivity index (χ4n) is 1.51. The maximum atomic E-state index is 12.1. The Bertz CT molecular complexity index is 413. The lowest BCUT2D eigenvalue weighted by atomic mass is 9.99. The lowest BCUT2D eigenvalue weighted by molar-refractivity contribution is -0.143. The summed E-state index contributed by atoms with van der Waals surface area (Å²) in [5, 5.41) is 2.45. The fourth-order valence-corrected chi connectivity index (χ4v) is 1.51. The summed E-state index contributed by atoms with van der Waals surface area (Å²) in [6.45, 7) is 12.6. The fraction of sp³-hybridized carbons (Fsp3) is 0.812. The zero-order valence-corrected chi connectivity index (χ0v) is 15.1. The van der Waals surface area contributed by atoms with Gasteiger partial charge in [0, 0.05) is 0 Å². The first kappa shape index (κ1) is 21.2. The second-order valence-electron chi connectivity index (χ2n) is 6.89. The molecule has 0 aromatic rings. The molecule has 0 aliphatic heterocycles. The van der Waals surface area contributed by atoms with Crippen molar-refractivity contribution >= 4 is 18.2 Å². The van der Waals surface area contributed by atoms with Crippen molar-refractivity contribution in [2.45, 2.75) is 66.5 Å². The van der Waals surface area contributed by atoms with E-state index in [1.165, 1.54) is 0 Å². The maximum absolute atomic E-state index is 12.1. The summed E-state index contributed by atoms with van der Waals surface area (Å²) in [5.74, 6) is -0.963. The molecule has 7 nitrogen and oxygen atoms in total. The average molecular weight is 331 g/mol. The highest BCUT2D eigenvalue weighted by molar-refractivity contribution is 5.88. The van der Waals surface area contributed by atoms with Gasteiger partial charge in [0.05, 0.1) is 6.61 Å². The van der Waals surface area contributed by atoms with Crippen LogP contribution < -0.4 is 5.32 Å². The number of alkyl carbamates (subject to hydrolysis) is 1. The number of nitrogens with one attached hydrogen (secondary N) is 1. The van der Waals surface area contributed by atoms with Gasteiger partial charge in [0.15, 0.2) is 0 Å². The Morgan fingerprint density at radius 2 is 1.65 bits per heavy atom. The molecular weight excluding hydrogens is 302 g/mol. The van der Waals surface area contributed by atoms with Crippen LogP contribution in [0, 0.1) is 11.8 Å². The van der Waals surface area contributed by atoms with Crippen LogP contribution in [0.15, 0.2) is 0 Å². The first-order valence-electron chi connectivity index (χ1n) is 7.84. The first-order valence-corrected chi connectivity index (χ1v) is 7.84. The van der Waals surface area contributed by atoms with E-state index in [-0.39, 0.29) is 18.4 Å². The van der Waals surface area contributed by atoms with Crippen LogP contribution in [0.4, 0.5) is 9.59 Å². The minimum Gasteiger partial charge on any atom is -0.444 e. The van der Waals surface area contributed by atoms with E-state index in [1.54, 1.807) is 27.7 Å². The summed E-state index contributed by atoms with van der Waals surface area (Å²) < 4.78 is 14.6. The third kappa shape index (κ3) is 9.76. The standard InChI is InChI=1S/C16H29NO6/c1-8-11(4)12(17-14(19)23-16(5,6)7)13(18)22-15(20)21-9-10(2)3/h10-12H,8-9H2,1-7H3,(H,17,19)/t11-,12-/m0/s1. The summed E-state index contributed by atoms with van der Waals surface area (Å²) in [4.78, 5) is 35.4. The number of carbonyl (C=O) groups excluding carboxylic acids is 3. The molecule has 1 N–H and O–H groups in total. The van der Waals surface area contributed by atoms with Crippen LogP contribution in [0.1, 0.15) is 54.9 Å². The average Bonchev–Trinajstić information content (AvgIpc) is 2.39. The number of ether oxygens (including phenoxy) is 3. The van der Waals surface area contributed by atoms with Crippen molar-refractivity contribution < 1.29 is 28.6 Å². The SMILES string of the molecule is CC[C@H](C)[C@H](NC(=O)OC(C)(C)C)C(=O)OC(=O)OCC(C)C. The Balaban J connectivity index is 4.74. The molecule has 0 spiro atoms. The summed E-state index contributed by atoms with van der Waals surface area (Å²) in [5.41, 5.74) is -0.690. The second-order valence-corrected chi connectivity index (χ2v) is 6.89. The Morgan fingerprint density at radius 1 is 1.09 bits per heavy atom. The number of carbonyl (C=O) groups is 3. The van der Waals surface area contributed by atoms with Gasteiger partial charge in [-0.15, -0.1) is 0 Å². The maximum Gasteiger partial charge on any atom is 0.516 e. The predicted molar refractivity (Wildman–Crippen MR) is 84.9 cm³/mol. The van der Waals surface area contributed by atoms with E-state index in [1.807, 2.05) is 20.8 Å². The van der Waals surface area contributed by atoms with E-state index >= 15 is 0 Å². The zero-order valence-electron chi connectivity index (χ0n) is 15.1. The molecule has 1 amide bonds. The van der Waals surface area contributed by atoms with Gasteiger partial charge in [-0.2, -0.15) is 0 Å². The molecule has 0 saturated carbocycles. The Hall–Kier alpha value is -1.79. The van der Waals surface area contributed by atoms with E-state index in [2.05, 4.69) is 10.1 Å². The summed E-state index contributed by atoms with van der Waals surface area (Å²) in [7, 11) is 0. The molecule has 0 radical (unpaired) electrons. The van der Waals surface area contributed by atoms with E-state index in [9.17, 15) is 14.4 Å². The molecule has 0 aromatic heterocycles. The summed E-state index contributed by atoms with van der Waals surface area (Å²) >= 11 is 0. The zero-order chi connectivity index (χ0) is 18.2. The number of esters is 1. The predicted octanol–water partition coefficient (Wildman–Crippen LogP) is 3.26. The molecule has 0 aliphatic carbocycles. The summed E-state index contributed by atoms with van der Waals surface area (Å²) in [6.07, 6.45) is -1.20. The van der Waals surface area contributed by atoms with Gasteiger partial charge in [-0.3, -0.25) is 0 Å². The van der Waals surface area contributed by atoms with Gasteiger partial charge in [0.25, 0.3) is 0 Å². The highest BCUT2D eigenvalue weighted by atomic mass is 16.7. The van der Waals surface area contributed by atoms with Gasteiger partial charge >= 0.3 is 18.2 Å². The lowest BCUT2D eigenvalue weighted by Crippen LogP contribution is -2.48. The van der Waals surface area contributed by atoms with Crippen LogP contribution in [0.25, 0.3) is 0 Å². The van der Waals surface area contributed by atoms with Crippen LogP contribution in [0.5, 0.6) is 0 Å². The second kappa shape index (κ2) is 9.37. The van der Waals surface area contributed by atoms with Crippen molar-refractivity contribution in [3.05, 3.63) is 0 Å². The van der Waals surface area contributed by atoms with E-state index in [0.29, 0.717) is 6.42 Å². The smallest absolute Gasteiger partial charge is 0.444 e. The van der Waals surface area contributed by atoms with Crippen molar-refractivity contribution in [3.8, 4) is 0 Å². The highest BCUT2D eigenvalue weighted by Gasteiger charge is 2.31. The van der Waals surface area contributed by atoms with Crippen molar-refractivity contribution in [2.24, 2.45) is 11.8 Å². The van der Waals surface area contributed by atoms with Gasteiger partial charge in [-0.05, 0) is 32.6 Å². The van der Waals surface area contributed by atoms with E-state index in [0.717, 1.165) is 0 Å². The van der Waals surface area contributed by atoms with Crippen LogP contribution in [-0.2, 0) is 19.0 Å². The van der Waals surface area contributed by atoms with Gasteiger partial charge in [0.2, 0.25) is 0 Å². The van der Waals surface area contributed by atoms with Crippen LogP contribution in [-0.4, -0.2) is 36.5 Å². The Kier molecular flexibility index (Phi) is 8.64. The Morgan fingerprint density at radius 3 is 2.09 bits per heavy atom. The molecule has 23 heavy (non-hydrogen) atoms. The molecule has 134 valence electrons. The third-order valence-corrected chi connectivity index (χ3v) is 2.86. The lowest BCUT2D eigenvalue weighted by Gasteiger charge is -2.25. The van der Waals surface area contributed by atoms with E-state index < -0.39 is 29.9 Å². The highest BCUT2D eigenvalue weighted by Crippen LogP contribution is 2.12. The number of hydrogen-bond donors (Lipinski definition) is 1. The summed E-state index contributed by atoms with van der Waals surface area (Å²) in [6, 6.07) is -0.985. The largest absolute Gasteiger partial charge is 0.516 e. The normalized spacial score (nSPS) is 13.9. The first-order chi connectivity index (χ1) is 10.5. The molecule has 0 aromatic carbocycles. The van der Waals surface area contributed by atoms with Gasteiger partial charge in [-0.25, -0.2) is 14.4 Å². The van der Waals surface area contributed by atoms with Gasteiger partial charge < -0.3 is 19.5 Å². The van der Waals surface area contributed by atoms with Crippen LogP contribution in [0.2, 0.25) is 0 Å². The molecule has 0 bridgehead atoms. The topological polar surface area (TPSA) is 90.9 Å². The van der Waals surface area contributed by atoms with Crippen molar-refractivity contribution in [2.75, 3.05) is 6.61 Å². The molecular formula is C16H29NO6. The molecule has 0 saturated heterocycles. The molecule has 0 aliphatic rings. The minimum atomic E-state index is -1.07. The Labute approximate surface area is 138 Å². The van der Waals surface area contributed by atoms with Gasteiger partial charge in [0.1, 0.15) is 11.6 Å². The van der Waals surface area contributed by atoms with Crippen molar-refractivity contribution in [1.29, 1.82) is 0 Å².